The average Bonchev–Trinajstić information content (AvgIpc) is 2.10. The van der Waals surface area contributed by atoms with Crippen LogP contribution in [0.2, 0.25) is 0 Å². The van der Waals surface area contributed by atoms with E-state index in [1.165, 1.54) is 0 Å². The van der Waals surface area contributed by atoms with Gasteiger partial charge in [0.1, 0.15) is 0 Å². The zero-order valence-corrected chi connectivity index (χ0v) is 7.79. The number of aliphatic hydroxyl groups excluding tert-OH is 1. The smallest absolute Gasteiger partial charge is 0.221 e. The summed E-state index contributed by atoms with van der Waals surface area (Å²) in [5, 5.41) is 11.6. The van der Waals surface area contributed by atoms with Crippen LogP contribution in [0.1, 0.15) is 19.8 Å². The third kappa shape index (κ3) is 6.14. The highest BCUT2D eigenvalue weighted by Crippen LogP contribution is 1.89. The van der Waals surface area contributed by atoms with E-state index in [4.69, 9.17) is 17.3 Å². The molecule has 0 radical (unpaired) electrons. The van der Waals surface area contributed by atoms with E-state index >= 15 is 0 Å². The molecule has 2 atom stereocenters. The van der Waals surface area contributed by atoms with Crippen LogP contribution in [0.4, 0.5) is 0 Å². The van der Waals surface area contributed by atoms with Crippen molar-refractivity contribution in [2.45, 2.75) is 31.9 Å². The summed E-state index contributed by atoms with van der Waals surface area (Å²) in [6.45, 7) is 1.86. The summed E-state index contributed by atoms with van der Waals surface area (Å²) < 4.78 is 0. The topological polar surface area (TPSA) is 75.4 Å². The van der Waals surface area contributed by atoms with Gasteiger partial charge in [0, 0.05) is 25.4 Å². The lowest BCUT2D eigenvalue weighted by Crippen LogP contribution is -2.43. The lowest BCUT2D eigenvalue weighted by Gasteiger charge is -2.14. The van der Waals surface area contributed by atoms with Crippen molar-refractivity contribution in [2.24, 2.45) is 5.73 Å². The number of amides is 1. The van der Waals surface area contributed by atoms with Crippen LogP contribution in [0.15, 0.2) is 0 Å². The molecule has 0 bridgehead atoms. The predicted octanol–water partition coefficient (Wildman–Crippen LogP) is -0.776. The number of carbonyl (C=O) groups is 1. The monoisotopic (exact) mass is 184 g/mol. The van der Waals surface area contributed by atoms with Gasteiger partial charge in [0.25, 0.3) is 0 Å². The second-order valence-corrected chi connectivity index (χ2v) is 2.91. The third-order valence-electron chi connectivity index (χ3n) is 1.65. The Labute approximate surface area is 78.5 Å². The van der Waals surface area contributed by atoms with E-state index in [1.54, 1.807) is 6.92 Å². The van der Waals surface area contributed by atoms with Gasteiger partial charge in [0.15, 0.2) is 0 Å². The van der Waals surface area contributed by atoms with E-state index in [0.717, 1.165) is 0 Å². The van der Waals surface area contributed by atoms with Crippen molar-refractivity contribution < 1.29 is 9.90 Å². The minimum atomic E-state index is -0.618. The molecule has 0 aromatic heterocycles. The van der Waals surface area contributed by atoms with Gasteiger partial charge in [-0.15, -0.1) is 12.3 Å². The first-order valence-electron chi connectivity index (χ1n) is 4.21. The summed E-state index contributed by atoms with van der Waals surface area (Å²) in [5.41, 5.74) is 5.49. The molecule has 2 unspecified atom stereocenters. The molecule has 13 heavy (non-hydrogen) atoms. The molecule has 0 aliphatic heterocycles. The molecule has 1 amide bonds. The Morgan fingerprint density at radius 3 is 2.85 bits per heavy atom. The van der Waals surface area contributed by atoms with Gasteiger partial charge in [-0.05, 0) is 6.92 Å². The van der Waals surface area contributed by atoms with Crippen LogP contribution in [0, 0.1) is 12.3 Å². The predicted molar refractivity (Wildman–Crippen MR) is 50.7 cm³/mol. The lowest BCUT2D eigenvalue weighted by atomic mass is 10.2. The molecule has 4 heteroatoms. The summed E-state index contributed by atoms with van der Waals surface area (Å²) in [7, 11) is 0. The average molecular weight is 184 g/mol. The largest absolute Gasteiger partial charge is 0.392 e. The maximum atomic E-state index is 11.0. The zero-order chi connectivity index (χ0) is 10.3. The first kappa shape index (κ1) is 11.9. The zero-order valence-electron chi connectivity index (χ0n) is 7.79. The fraction of sp³-hybridized carbons (Fsp3) is 0.667. The Kier molecular flexibility index (Phi) is 5.94. The van der Waals surface area contributed by atoms with Crippen molar-refractivity contribution >= 4 is 5.91 Å². The van der Waals surface area contributed by atoms with Crippen LogP contribution in [0.5, 0.6) is 0 Å². The van der Waals surface area contributed by atoms with Crippen molar-refractivity contribution in [3.8, 4) is 12.3 Å². The maximum absolute atomic E-state index is 11.0. The number of hydrogen-bond donors (Lipinski definition) is 3. The summed E-state index contributed by atoms with van der Waals surface area (Å²) in [6.07, 6.45) is 5.10. The second kappa shape index (κ2) is 6.46. The van der Waals surface area contributed by atoms with Crippen LogP contribution >= 0.6 is 0 Å². The Bertz CT molecular complexity index is 196. The second-order valence-electron chi connectivity index (χ2n) is 2.91. The number of terminal acetylenes is 1. The Hall–Kier alpha value is -1.05. The Morgan fingerprint density at radius 1 is 1.77 bits per heavy atom. The molecule has 0 fully saturated rings. The summed E-state index contributed by atoms with van der Waals surface area (Å²) in [5.74, 6) is 2.24. The molecule has 0 heterocycles. The van der Waals surface area contributed by atoms with Crippen molar-refractivity contribution in [1.82, 2.24) is 5.32 Å². The standard InChI is InChI=1S/C9H16N2O2/c1-3-4-5-9(13)11-6-8(10)7(2)12/h1,7-8,12H,4-6,10H2,2H3,(H,11,13). The maximum Gasteiger partial charge on any atom is 0.221 e. The van der Waals surface area contributed by atoms with Gasteiger partial charge < -0.3 is 16.2 Å². The molecule has 0 saturated heterocycles. The third-order valence-corrected chi connectivity index (χ3v) is 1.65. The first-order valence-corrected chi connectivity index (χ1v) is 4.21. The molecule has 0 aliphatic rings. The first-order chi connectivity index (χ1) is 6.07. The van der Waals surface area contributed by atoms with Gasteiger partial charge in [-0.25, -0.2) is 0 Å². The molecular weight excluding hydrogens is 168 g/mol. The molecule has 74 valence electrons. The van der Waals surface area contributed by atoms with E-state index in [1.807, 2.05) is 0 Å². The SMILES string of the molecule is C#CCCC(=O)NCC(N)C(C)O. The molecule has 0 spiro atoms. The summed E-state index contributed by atoms with van der Waals surface area (Å²) in [6, 6.07) is -0.421. The van der Waals surface area contributed by atoms with Crippen molar-refractivity contribution in [1.29, 1.82) is 0 Å². The Morgan fingerprint density at radius 2 is 2.38 bits per heavy atom. The molecule has 4 nitrogen and oxygen atoms in total. The number of rotatable bonds is 5. The molecular formula is C9H16N2O2. The van der Waals surface area contributed by atoms with Gasteiger partial charge in [-0.3, -0.25) is 4.79 Å². The van der Waals surface area contributed by atoms with Crippen LogP contribution in [0.25, 0.3) is 0 Å². The fourth-order valence-corrected chi connectivity index (χ4v) is 0.676. The molecule has 0 saturated carbocycles. The van der Waals surface area contributed by atoms with E-state index < -0.39 is 12.1 Å². The highest BCUT2D eigenvalue weighted by Gasteiger charge is 2.09. The summed E-state index contributed by atoms with van der Waals surface area (Å²) >= 11 is 0. The van der Waals surface area contributed by atoms with E-state index in [-0.39, 0.29) is 12.5 Å². The van der Waals surface area contributed by atoms with Crippen molar-refractivity contribution in [3.63, 3.8) is 0 Å². The van der Waals surface area contributed by atoms with Crippen LogP contribution < -0.4 is 11.1 Å². The van der Waals surface area contributed by atoms with Gasteiger partial charge in [0.2, 0.25) is 5.91 Å². The molecule has 0 aliphatic carbocycles. The van der Waals surface area contributed by atoms with Gasteiger partial charge in [-0.2, -0.15) is 0 Å². The van der Waals surface area contributed by atoms with Gasteiger partial charge >= 0.3 is 0 Å². The normalized spacial score (nSPS) is 14.3. The van der Waals surface area contributed by atoms with Crippen LogP contribution in [0.3, 0.4) is 0 Å². The number of carbonyl (C=O) groups excluding carboxylic acids is 1. The van der Waals surface area contributed by atoms with Gasteiger partial charge in [0.05, 0.1) is 6.10 Å². The quantitative estimate of drug-likeness (QED) is 0.491. The van der Waals surface area contributed by atoms with E-state index in [0.29, 0.717) is 12.8 Å². The van der Waals surface area contributed by atoms with Crippen molar-refractivity contribution in [3.05, 3.63) is 0 Å². The minimum absolute atomic E-state index is 0.131. The highest BCUT2D eigenvalue weighted by molar-refractivity contribution is 5.76. The summed E-state index contributed by atoms with van der Waals surface area (Å²) in [4.78, 5) is 11.0. The van der Waals surface area contributed by atoms with Crippen molar-refractivity contribution in [2.75, 3.05) is 6.54 Å². The lowest BCUT2D eigenvalue weighted by molar-refractivity contribution is -0.121. The number of nitrogens with one attached hydrogen (secondary N) is 1. The minimum Gasteiger partial charge on any atom is -0.392 e. The molecule has 4 N–H and O–H groups in total. The van der Waals surface area contributed by atoms with E-state index in [9.17, 15) is 4.79 Å². The molecule has 0 aromatic rings. The Balaban J connectivity index is 3.53. The number of aliphatic hydroxyl groups is 1. The van der Waals surface area contributed by atoms with E-state index in [2.05, 4.69) is 11.2 Å². The van der Waals surface area contributed by atoms with Gasteiger partial charge in [-0.1, -0.05) is 0 Å². The van der Waals surface area contributed by atoms with Crippen LogP contribution in [-0.4, -0.2) is 29.7 Å². The highest BCUT2D eigenvalue weighted by atomic mass is 16.3. The van der Waals surface area contributed by atoms with Crippen LogP contribution in [-0.2, 0) is 4.79 Å². The molecule has 0 aromatic carbocycles. The number of nitrogens with two attached hydrogens (primary N) is 1. The molecule has 0 rings (SSSR count). The fourth-order valence-electron chi connectivity index (χ4n) is 0.676. The number of hydrogen-bond acceptors (Lipinski definition) is 3.